The highest BCUT2D eigenvalue weighted by molar-refractivity contribution is 5.88. The third-order valence-electron chi connectivity index (χ3n) is 3.00. The SMILES string of the molecule is O=C1CCNCC1c1cccn2ncnc12. The summed E-state index contributed by atoms with van der Waals surface area (Å²) in [6.07, 6.45) is 3.95. The first-order chi connectivity index (χ1) is 7.86. The van der Waals surface area contributed by atoms with Crippen molar-refractivity contribution in [2.45, 2.75) is 12.3 Å². The van der Waals surface area contributed by atoms with Crippen molar-refractivity contribution in [2.75, 3.05) is 13.1 Å². The van der Waals surface area contributed by atoms with Gasteiger partial charge in [0.15, 0.2) is 5.65 Å². The second kappa shape index (κ2) is 3.68. The number of hydrogen-bond acceptors (Lipinski definition) is 4. The Morgan fingerprint density at radius 2 is 2.44 bits per heavy atom. The van der Waals surface area contributed by atoms with Crippen LogP contribution < -0.4 is 5.32 Å². The smallest absolute Gasteiger partial charge is 0.159 e. The van der Waals surface area contributed by atoms with Gasteiger partial charge in [-0.1, -0.05) is 6.07 Å². The lowest BCUT2D eigenvalue weighted by Gasteiger charge is -2.21. The largest absolute Gasteiger partial charge is 0.315 e. The fraction of sp³-hybridized carbons (Fsp3) is 0.364. The molecule has 5 heteroatoms. The summed E-state index contributed by atoms with van der Waals surface area (Å²) in [4.78, 5) is 16.1. The van der Waals surface area contributed by atoms with Gasteiger partial charge >= 0.3 is 0 Å². The Balaban J connectivity index is 2.10. The van der Waals surface area contributed by atoms with E-state index >= 15 is 0 Å². The van der Waals surface area contributed by atoms with E-state index in [0.29, 0.717) is 13.0 Å². The zero-order valence-corrected chi connectivity index (χ0v) is 8.76. The van der Waals surface area contributed by atoms with Crippen molar-refractivity contribution in [2.24, 2.45) is 0 Å². The van der Waals surface area contributed by atoms with Gasteiger partial charge in [-0.05, 0) is 6.07 Å². The van der Waals surface area contributed by atoms with E-state index in [1.54, 1.807) is 4.52 Å². The molecule has 82 valence electrons. The monoisotopic (exact) mass is 216 g/mol. The van der Waals surface area contributed by atoms with Crippen molar-refractivity contribution in [1.82, 2.24) is 19.9 Å². The van der Waals surface area contributed by atoms with Crippen LogP contribution in [0.3, 0.4) is 0 Å². The molecule has 0 saturated carbocycles. The molecule has 1 aliphatic heterocycles. The van der Waals surface area contributed by atoms with Crippen LogP contribution in [0, 0.1) is 0 Å². The summed E-state index contributed by atoms with van der Waals surface area (Å²) in [5.74, 6) is 0.205. The fourth-order valence-electron chi connectivity index (χ4n) is 2.17. The summed E-state index contributed by atoms with van der Waals surface area (Å²) >= 11 is 0. The minimum Gasteiger partial charge on any atom is -0.315 e. The Bertz CT molecular complexity index is 534. The van der Waals surface area contributed by atoms with Gasteiger partial charge in [0, 0.05) is 31.3 Å². The van der Waals surface area contributed by atoms with Crippen molar-refractivity contribution >= 4 is 11.4 Å². The molecule has 1 aliphatic rings. The number of carbonyl (C=O) groups excluding carboxylic acids is 1. The van der Waals surface area contributed by atoms with E-state index in [4.69, 9.17) is 0 Å². The van der Waals surface area contributed by atoms with Crippen molar-refractivity contribution in [3.05, 3.63) is 30.2 Å². The summed E-state index contributed by atoms with van der Waals surface area (Å²) in [5, 5.41) is 7.32. The first-order valence-electron chi connectivity index (χ1n) is 5.38. The van der Waals surface area contributed by atoms with E-state index in [0.717, 1.165) is 17.8 Å². The topological polar surface area (TPSA) is 59.3 Å². The molecule has 3 heterocycles. The van der Waals surface area contributed by atoms with Crippen molar-refractivity contribution in [1.29, 1.82) is 0 Å². The second-order valence-electron chi connectivity index (χ2n) is 3.96. The van der Waals surface area contributed by atoms with Gasteiger partial charge in [-0.25, -0.2) is 9.50 Å². The number of nitrogens with one attached hydrogen (secondary N) is 1. The molecule has 3 rings (SSSR count). The molecular weight excluding hydrogens is 204 g/mol. The summed E-state index contributed by atoms with van der Waals surface area (Å²) in [6, 6.07) is 3.86. The molecule has 0 bridgehead atoms. The maximum absolute atomic E-state index is 11.9. The van der Waals surface area contributed by atoms with Gasteiger partial charge < -0.3 is 5.32 Å². The van der Waals surface area contributed by atoms with E-state index < -0.39 is 0 Å². The standard InChI is InChI=1S/C11H12N4O/c16-10-3-4-12-6-9(10)8-2-1-5-15-11(8)13-7-14-15/h1-2,5,7,9,12H,3-4,6H2. The van der Waals surface area contributed by atoms with Crippen LogP contribution in [0.4, 0.5) is 0 Å². The Kier molecular flexibility index (Phi) is 2.18. The maximum Gasteiger partial charge on any atom is 0.159 e. The highest BCUT2D eigenvalue weighted by Gasteiger charge is 2.25. The van der Waals surface area contributed by atoms with Crippen LogP contribution in [0.5, 0.6) is 0 Å². The van der Waals surface area contributed by atoms with E-state index in [1.807, 2.05) is 18.3 Å². The normalized spacial score (nSPS) is 21.5. The van der Waals surface area contributed by atoms with Crippen LogP contribution in [0.2, 0.25) is 0 Å². The average Bonchev–Trinajstić information content (AvgIpc) is 2.77. The van der Waals surface area contributed by atoms with Crippen LogP contribution in [0.25, 0.3) is 5.65 Å². The van der Waals surface area contributed by atoms with Gasteiger partial charge in [0.25, 0.3) is 0 Å². The van der Waals surface area contributed by atoms with Gasteiger partial charge in [0.2, 0.25) is 0 Å². The zero-order valence-electron chi connectivity index (χ0n) is 8.76. The second-order valence-corrected chi connectivity index (χ2v) is 3.96. The van der Waals surface area contributed by atoms with Crippen molar-refractivity contribution < 1.29 is 4.79 Å². The minimum atomic E-state index is -0.0818. The number of Topliss-reactive ketones (excluding diaryl/α,β-unsaturated/α-hetero) is 1. The number of rotatable bonds is 1. The molecular formula is C11H12N4O. The Labute approximate surface area is 92.5 Å². The number of piperidine rings is 1. The van der Waals surface area contributed by atoms with E-state index in [-0.39, 0.29) is 11.7 Å². The van der Waals surface area contributed by atoms with Crippen LogP contribution >= 0.6 is 0 Å². The molecule has 0 radical (unpaired) electrons. The number of hydrogen-bond donors (Lipinski definition) is 1. The van der Waals surface area contributed by atoms with Crippen LogP contribution in [0.1, 0.15) is 17.9 Å². The van der Waals surface area contributed by atoms with E-state index in [9.17, 15) is 4.79 Å². The number of fused-ring (bicyclic) bond motifs is 1. The van der Waals surface area contributed by atoms with E-state index in [1.165, 1.54) is 6.33 Å². The lowest BCUT2D eigenvalue weighted by molar-refractivity contribution is -0.121. The molecule has 0 aromatic carbocycles. The number of pyridine rings is 1. The number of nitrogens with zero attached hydrogens (tertiary/aromatic N) is 3. The highest BCUT2D eigenvalue weighted by atomic mass is 16.1. The molecule has 0 aliphatic carbocycles. The Hall–Kier alpha value is -1.75. The Morgan fingerprint density at radius 1 is 1.50 bits per heavy atom. The molecule has 0 amide bonds. The molecule has 1 fully saturated rings. The fourth-order valence-corrected chi connectivity index (χ4v) is 2.17. The molecule has 5 nitrogen and oxygen atoms in total. The molecule has 1 N–H and O–H groups in total. The first-order valence-corrected chi connectivity index (χ1v) is 5.38. The number of ketones is 1. The molecule has 1 atom stereocenters. The molecule has 2 aromatic heterocycles. The maximum atomic E-state index is 11.9. The minimum absolute atomic E-state index is 0.0818. The van der Waals surface area contributed by atoms with Crippen LogP contribution in [-0.2, 0) is 4.79 Å². The third kappa shape index (κ3) is 1.40. The van der Waals surface area contributed by atoms with Gasteiger partial charge in [0.05, 0.1) is 5.92 Å². The molecule has 1 saturated heterocycles. The van der Waals surface area contributed by atoms with Crippen LogP contribution in [0.15, 0.2) is 24.7 Å². The van der Waals surface area contributed by atoms with Gasteiger partial charge in [0.1, 0.15) is 12.1 Å². The molecule has 2 aromatic rings. The lowest BCUT2D eigenvalue weighted by atomic mass is 9.91. The Morgan fingerprint density at radius 3 is 3.31 bits per heavy atom. The number of aromatic nitrogens is 3. The zero-order chi connectivity index (χ0) is 11.0. The summed E-state index contributed by atoms with van der Waals surface area (Å²) in [6.45, 7) is 1.48. The van der Waals surface area contributed by atoms with Gasteiger partial charge in [-0.2, -0.15) is 5.10 Å². The lowest BCUT2D eigenvalue weighted by Crippen LogP contribution is -2.35. The predicted molar refractivity (Wildman–Crippen MR) is 58.2 cm³/mol. The average molecular weight is 216 g/mol. The van der Waals surface area contributed by atoms with E-state index in [2.05, 4.69) is 15.4 Å². The quantitative estimate of drug-likeness (QED) is 0.748. The van der Waals surface area contributed by atoms with Crippen LogP contribution in [-0.4, -0.2) is 33.5 Å². The summed E-state index contributed by atoms with van der Waals surface area (Å²) in [5.41, 5.74) is 1.75. The molecule has 1 unspecified atom stereocenters. The number of carbonyl (C=O) groups is 1. The third-order valence-corrected chi connectivity index (χ3v) is 3.00. The predicted octanol–water partition coefficient (Wildman–Crippen LogP) is 0.375. The first kappa shape index (κ1) is 9.47. The van der Waals surface area contributed by atoms with Crippen molar-refractivity contribution in [3.63, 3.8) is 0 Å². The highest BCUT2D eigenvalue weighted by Crippen LogP contribution is 2.22. The summed E-state index contributed by atoms with van der Waals surface area (Å²) < 4.78 is 1.71. The van der Waals surface area contributed by atoms with Gasteiger partial charge in [-0.15, -0.1) is 0 Å². The molecule has 16 heavy (non-hydrogen) atoms. The molecule has 0 spiro atoms. The van der Waals surface area contributed by atoms with Crippen molar-refractivity contribution in [3.8, 4) is 0 Å². The summed E-state index contributed by atoms with van der Waals surface area (Å²) in [7, 11) is 0. The van der Waals surface area contributed by atoms with Gasteiger partial charge in [-0.3, -0.25) is 4.79 Å².